The monoisotopic (exact) mass is 354 g/mol. The van der Waals surface area contributed by atoms with Crippen LogP contribution in [0.3, 0.4) is 0 Å². The predicted molar refractivity (Wildman–Crippen MR) is 99.3 cm³/mol. The van der Waals surface area contributed by atoms with E-state index in [1.807, 2.05) is 39.0 Å². The van der Waals surface area contributed by atoms with Gasteiger partial charge in [-0.25, -0.2) is 4.98 Å². The Morgan fingerprint density at radius 2 is 2.12 bits per heavy atom. The zero-order valence-corrected chi connectivity index (χ0v) is 15.0. The first-order valence-corrected chi connectivity index (χ1v) is 8.58. The fraction of sp³-hybridized carbons (Fsp3) is 0.316. The van der Waals surface area contributed by atoms with Gasteiger partial charge in [0.1, 0.15) is 5.75 Å². The summed E-state index contributed by atoms with van der Waals surface area (Å²) in [6, 6.07) is 8.42. The first-order valence-electron chi connectivity index (χ1n) is 8.58. The van der Waals surface area contributed by atoms with Gasteiger partial charge in [0.15, 0.2) is 5.58 Å². The predicted octanol–water partition coefficient (Wildman–Crippen LogP) is 3.81. The molecule has 0 aliphatic carbocycles. The Bertz CT molecular complexity index is 903. The van der Waals surface area contributed by atoms with Gasteiger partial charge < -0.3 is 20.3 Å². The van der Waals surface area contributed by atoms with Crippen molar-refractivity contribution < 1.29 is 14.1 Å². The Hall–Kier alpha value is -2.93. The Balaban J connectivity index is 1.81. The van der Waals surface area contributed by atoms with E-state index in [9.17, 15) is 4.79 Å². The number of carbonyl (C=O) groups is 1. The molecule has 0 saturated heterocycles. The lowest BCUT2D eigenvalue weighted by molar-refractivity contribution is -0.117. The SMILES string of the molecule is CC[C@@H](N)C(=O)Nc1ccc(Oc2cccc3onc(C(C)C)c23)nc1. The van der Waals surface area contributed by atoms with Crippen molar-refractivity contribution in [2.24, 2.45) is 5.73 Å². The third-order valence-electron chi connectivity index (χ3n) is 4.03. The maximum absolute atomic E-state index is 11.8. The van der Waals surface area contributed by atoms with Crippen LogP contribution in [0.2, 0.25) is 0 Å². The van der Waals surface area contributed by atoms with Crippen LogP contribution in [0.15, 0.2) is 41.1 Å². The Kier molecular flexibility index (Phi) is 5.18. The number of ether oxygens (including phenoxy) is 1. The minimum Gasteiger partial charge on any atom is -0.438 e. The van der Waals surface area contributed by atoms with Crippen LogP contribution < -0.4 is 15.8 Å². The maximum Gasteiger partial charge on any atom is 0.241 e. The quantitative estimate of drug-likeness (QED) is 0.697. The summed E-state index contributed by atoms with van der Waals surface area (Å²) < 4.78 is 11.3. The second-order valence-corrected chi connectivity index (χ2v) is 6.34. The molecule has 0 bridgehead atoms. The molecule has 1 aromatic carbocycles. The van der Waals surface area contributed by atoms with E-state index in [1.54, 1.807) is 12.1 Å². The zero-order valence-electron chi connectivity index (χ0n) is 15.0. The highest BCUT2D eigenvalue weighted by molar-refractivity contribution is 5.94. The molecular formula is C19H22N4O3. The number of hydrogen-bond donors (Lipinski definition) is 2. The molecular weight excluding hydrogens is 332 g/mol. The number of aromatic nitrogens is 2. The summed E-state index contributed by atoms with van der Waals surface area (Å²) in [7, 11) is 0. The number of pyridine rings is 1. The number of anilines is 1. The van der Waals surface area contributed by atoms with Crippen molar-refractivity contribution in [3.05, 3.63) is 42.2 Å². The third kappa shape index (κ3) is 3.67. The second kappa shape index (κ2) is 7.53. The molecule has 2 aromatic heterocycles. The molecule has 2 heterocycles. The fourth-order valence-corrected chi connectivity index (χ4v) is 2.51. The van der Waals surface area contributed by atoms with Crippen LogP contribution in [-0.2, 0) is 4.79 Å². The maximum atomic E-state index is 11.8. The molecule has 0 saturated carbocycles. The van der Waals surface area contributed by atoms with Gasteiger partial charge in [-0.15, -0.1) is 0 Å². The van der Waals surface area contributed by atoms with E-state index in [0.29, 0.717) is 29.3 Å². The molecule has 0 fully saturated rings. The van der Waals surface area contributed by atoms with Crippen molar-refractivity contribution >= 4 is 22.6 Å². The zero-order chi connectivity index (χ0) is 18.7. The number of nitrogens with one attached hydrogen (secondary N) is 1. The summed E-state index contributed by atoms with van der Waals surface area (Å²) >= 11 is 0. The van der Waals surface area contributed by atoms with Gasteiger partial charge in [0.05, 0.1) is 29.0 Å². The molecule has 26 heavy (non-hydrogen) atoms. The van der Waals surface area contributed by atoms with Crippen LogP contribution in [0.5, 0.6) is 11.6 Å². The molecule has 3 aromatic rings. The van der Waals surface area contributed by atoms with Crippen LogP contribution in [0.25, 0.3) is 11.0 Å². The number of benzene rings is 1. The number of fused-ring (bicyclic) bond motifs is 1. The van der Waals surface area contributed by atoms with Crippen LogP contribution in [0, 0.1) is 0 Å². The van der Waals surface area contributed by atoms with Crippen LogP contribution in [-0.4, -0.2) is 22.1 Å². The molecule has 136 valence electrons. The van der Waals surface area contributed by atoms with Gasteiger partial charge in [-0.05, 0) is 30.5 Å². The minimum atomic E-state index is -0.536. The van der Waals surface area contributed by atoms with Crippen molar-refractivity contribution in [3.8, 4) is 11.6 Å². The van der Waals surface area contributed by atoms with Crippen LogP contribution in [0.1, 0.15) is 38.8 Å². The van der Waals surface area contributed by atoms with E-state index in [-0.39, 0.29) is 11.8 Å². The minimum absolute atomic E-state index is 0.203. The first kappa shape index (κ1) is 17.9. The van der Waals surface area contributed by atoms with E-state index in [0.717, 1.165) is 11.1 Å². The fourth-order valence-electron chi connectivity index (χ4n) is 2.51. The van der Waals surface area contributed by atoms with Gasteiger partial charge in [0.2, 0.25) is 11.8 Å². The molecule has 1 atom stereocenters. The van der Waals surface area contributed by atoms with Crippen molar-refractivity contribution in [1.82, 2.24) is 10.1 Å². The highest BCUT2D eigenvalue weighted by atomic mass is 16.5. The lowest BCUT2D eigenvalue weighted by Crippen LogP contribution is -2.34. The van der Waals surface area contributed by atoms with Gasteiger partial charge in [-0.2, -0.15) is 0 Å². The second-order valence-electron chi connectivity index (χ2n) is 6.34. The molecule has 7 nitrogen and oxygen atoms in total. The highest BCUT2D eigenvalue weighted by Crippen LogP contribution is 2.34. The van der Waals surface area contributed by atoms with Gasteiger partial charge >= 0.3 is 0 Å². The topological polar surface area (TPSA) is 103 Å². The molecule has 0 radical (unpaired) electrons. The molecule has 0 unspecified atom stereocenters. The number of hydrogen-bond acceptors (Lipinski definition) is 6. The number of nitrogens with two attached hydrogens (primary N) is 1. The Labute approximate surface area is 151 Å². The van der Waals surface area contributed by atoms with E-state index >= 15 is 0 Å². The average molecular weight is 354 g/mol. The van der Waals surface area contributed by atoms with Crippen molar-refractivity contribution in [2.45, 2.75) is 39.2 Å². The molecule has 7 heteroatoms. The summed E-state index contributed by atoms with van der Waals surface area (Å²) in [5.74, 6) is 1.00. The summed E-state index contributed by atoms with van der Waals surface area (Å²) in [5.41, 5.74) is 7.78. The van der Waals surface area contributed by atoms with Crippen LogP contribution >= 0.6 is 0 Å². The molecule has 3 N–H and O–H groups in total. The normalized spacial score (nSPS) is 12.3. The Morgan fingerprint density at radius 3 is 2.77 bits per heavy atom. The summed E-state index contributed by atoms with van der Waals surface area (Å²) in [4.78, 5) is 16.1. The lowest BCUT2D eigenvalue weighted by atomic mass is 10.1. The van der Waals surface area contributed by atoms with E-state index in [4.69, 9.17) is 15.0 Å². The summed E-state index contributed by atoms with van der Waals surface area (Å²) in [6.45, 7) is 5.95. The number of rotatable bonds is 6. The van der Waals surface area contributed by atoms with Crippen molar-refractivity contribution in [2.75, 3.05) is 5.32 Å². The summed E-state index contributed by atoms with van der Waals surface area (Å²) in [6.07, 6.45) is 2.11. The van der Waals surface area contributed by atoms with E-state index in [1.165, 1.54) is 6.20 Å². The first-order chi connectivity index (χ1) is 12.5. The number of amides is 1. The lowest BCUT2D eigenvalue weighted by Gasteiger charge is -2.11. The number of nitrogens with zero attached hydrogens (tertiary/aromatic N) is 2. The van der Waals surface area contributed by atoms with E-state index in [2.05, 4.69) is 15.5 Å². The van der Waals surface area contributed by atoms with Gasteiger partial charge in [-0.3, -0.25) is 4.79 Å². The largest absolute Gasteiger partial charge is 0.438 e. The molecule has 0 spiro atoms. The molecule has 0 aliphatic rings. The smallest absolute Gasteiger partial charge is 0.241 e. The highest BCUT2D eigenvalue weighted by Gasteiger charge is 2.17. The molecule has 0 aliphatic heterocycles. The van der Waals surface area contributed by atoms with E-state index < -0.39 is 6.04 Å². The standard InChI is InChI=1S/C19H22N4O3/c1-4-13(20)19(24)22-12-8-9-16(21-10-12)25-14-6-5-7-15-17(14)18(11(2)3)23-26-15/h5-11,13H,4,20H2,1-3H3,(H,22,24)/t13-/m1/s1. The van der Waals surface area contributed by atoms with Crippen LogP contribution in [0.4, 0.5) is 5.69 Å². The van der Waals surface area contributed by atoms with Gasteiger partial charge in [0, 0.05) is 6.07 Å². The average Bonchev–Trinajstić information content (AvgIpc) is 3.08. The van der Waals surface area contributed by atoms with Crippen molar-refractivity contribution in [1.29, 1.82) is 0 Å². The number of carbonyl (C=O) groups excluding carboxylic acids is 1. The van der Waals surface area contributed by atoms with Gasteiger partial charge in [-0.1, -0.05) is 32.0 Å². The van der Waals surface area contributed by atoms with Gasteiger partial charge in [0.25, 0.3) is 0 Å². The Morgan fingerprint density at radius 1 is 1.31 bits per heavy atom. The van der Waals surface area contributed by atoms with Crippen molar-refractivity contribution in [3.63, 3.8) is 0 Å². The molecule has 1 amide bonds. The third-order valence-corrected chi connectivity index (χ3v) is 4.03. The molecule has 3 rings (SSSR count). The summed E-state index contributed by atoms with van der Waals surface area (Å²) in [5, 5.41) is 7.70.